The minimum Gasteiger partial charge on any atom is -0.378 e. The molecular weight excluding hydrogens is 128 g/mol. The molecule has 1 aliphatic carbocycles. The molecular formula is C7H10N2O. The number of nitrogens with two attached hydrogens (primary N) is 1. The zero-order chi connectivity index (χ0) is 7.24. The maximum atomic E-state index is 8.72. The molecule has 3 heteroatoms. The van der Waals surface area contributed by atoms with Crippen molar-refractivity contribution in [2.45, 2.75) is 18.4 Å². The van der Waals surface area contributed by atoms with E-state index in [2.05, 4.69) is 6.07 Å². The van der Waals surface area contributed by atoms with Crippen molar-refractivity contribution in [2.24, 2.45) is 11.1 Å². The second kappa shape index (κ2) is 1.52. The molecule has 0 unspecified atom stereocenters. The number of ether oxygens (including phenoxy) is 1. The van der Waals surface area contributed by atoms with E-state index in [0.717, 1.165) is 12.8 Å². The summed E-state index contributed by atoms with van der Waals surface area (Å²) >= 11 is 0. The smallest absolute Gasteiger partial charge is 0.0843 e. The van der Waals surface area contributed by atoms with E-state index in [1.54, 1.807) is 0 Å². The Bertz CT molecular complexity index is 200. The Morgan fingerprint density at radius 3 is 2.50 bits per heavy atom. The average Bonchev–Trinajstić information content (AvgIpc) is 1.86. The highest BCUT2D eigenvalue weighted by molar-refractivity contribution is 5.19. The van der Waals surface area contributed by atoms with Crippen LogP contribution in [0.15, 0.2) is 0 Å². The maximum absolute atomic E-state index is 8.72. The second-order valence-electron chi connectivity index (χ2n) is 3.60. The quantitative estimate of drug-likeness (QED) is 0.513. The molecule has 0 spiro atoms. The van der Waals surface area contributed by atoms with Crippen molar-refractivity contribution in [3.63, 3.8) is 0 Å². The summed E-state index contributed by atoms with van der Waals surface area (Å²) in [5.74, 6) is 0. The van der Waals surface area contributed by atoms with Gasteiger partial charge in [-0.25, -0.2) is 0 Å². The van der Waals surface area contributed by atoms with Crippen LogP contribution in [0.25, 0.3) is 0 Å². The lowest BCUT2D eigenvalue weighted by Crippen LogP contribution is -2.65. The van der Waals surface area contributed by atoms with Crippen molar-refractivity contribution in [1.82, 2.24) is 0 Å². The van der Waals surface area contributed by atoms with Gasteiger partial charge in [0.2, 0.25) is 0 Å². The van der Waals surface area contributed by atoms with E-state index in [9.17, 15) is 0 Å². The molecule has 0 aromatic carbocycles. The van der Waals surface area contributed by atoms with E-state index in [0.29, 0.717) is 13.2 Å². The van der Waals surface area contributed by atoms with Crippen LogP contribution in [0.1, 0.15) is 12.8 Å². The topological polar surface area (TPSA) is 59.0 Å². The Morgan fingerprint density at radius 2 is 2.10 bits per heavy atom. The van der Waals surface area contributed by atoms with Gasteiger partial charge in [0.05, 0.1) is 24.7 Å². The Hall–Kier alpha value is -0.590. The van der Waals surface area contributed by atoms with Crippen LogP contribution in [0.3, 0.4) is 0 Å². The van der Waals surface area contributed by atoms with Gasteiger partial charge in [0, 0.05) is 5.54 Å². The minimum absolute atomic E-state index is 0.159. The molecule has 0 atom stereocenters. The average molecular weight is 138 g/mol. The van der Waals surface area contributed by atoms with Crippen molar-refractivity contribution < 1.29 is 4.74 Å². The first kappa shape index (κ1) is 6.14. The molecule has 3 nitrogen and oxygen atoms in total. The number of nitrogens with zero attached hydrogens (tertiary/aromatic N) is 1. The first-order chi connectivity index (χ1) is 4.68. The molecule has 0 aromatic rings. The third-order valence-corrected chi connectivity index (χ3v) is 2.39. The summed E-state index contributed by atoms with van der Waals surface area (Å²) in [7, 11) is 0. The summed E-state index contributed by atoms with van der Waals surface area (Å²) in [6.07, 6.45) is 1.66. The Labute approximate surface area is 59.8 Å². The Balaban J connectivity index is 2.17. The summed E-state index contributed by atoms with van der Waals surface area (Å²) in [5.41, 5.74) is 5.45. The molecule has 2 N–H and O–H groups in total. The molecule has 0 aromatic heterocycles. The van der Waals surface area contributed by atoms with Gasteiger partial charge in [-0.1, -0.05) is 0 Å². The maximum Gasteiger partial charge on any atom is 0.0843 e. The lowest BCUT2D eigenvalue weighted by Gasteiger charge is -2.54. The predicted octanol–water partition coefficient (Wildman–Crippen LogP) is 0.0179. The van der Waals surface area contributed by atoms with Gasteiger partial charge in [0.1, 0.15) is 0 Å². The van der Waals surface area contributed by atoms with Crippen molar-refractivity contribution in [2.75, 3.05) is 13.2 Å². The van der Waals surface area contributed by atoms with Crippen LogP contribution < -0.4 is 5.73 Å². The lowest BCUT2D eigenvalue weighted by molar-refractivity contribution is -0.116. The molecule has 0 radical (unpaired) electrons. The predicted molar refractivity (Wildman–Crippen MR) is 35.0 cm³/mol. The van der Waals surface area contributed by atoms with Gasteiger partial charge in [0.15, 0.2) is 0 Å². The van der Waals surface area contributed by atoms with Crippen LogP contribution in [0.4, 0.5) is 0 Å². The third-order valence-electron chi connectivity index (χ3n) is 2.39. The van der Waals surface area contributed by atoms with Gasteiger partial charge >= 0.3 is 0 Å². The molecule has 2 bridgehead atoms. The number of nitriles is 1. The number of rotatable bonds is 0. The number of hydrogen-bond donors (Lipinski definition) is 1. The molecule has 2 saturated heterocycles. The van der Waals surface area contributed by atoms with Crippen molar-refractivity contribution in [3.05, 3.63) is 0 Å². The molecule has 2 heterocycles. The van der Waals surface area contributed by atoms with Crippen LogP contribution in [0.2, 0.25) is 0 Å². The molecule has 1 saturated carbocycles. The first-order valence-corrected chi connectivity index (χ1v) is 3.46. The molecule has 3 rings (SSSR count). The largest absolute Gasteiger partial charge is 0.378 e. The lowest BCUT2D eigenvalue weighted by atomic mass is 9.57. The highest BCUT2D eigenvalue weighted by Gasteiger charge is 2.56. The van der Waals surface area contributed by atoms with Gasteiger partial charge < -0.3 is 10.5 Å². The fraction of sp³-hybridized carbons (Fsp3) is 0.857. The highest BCUT2D eigenvalue weighted by atomic mass is 16.5. The van der Waals surface area contributed by atoms with Crippen LogP contribution in [0, 0.1) is 16.7 Å². The molecule has 10 heavy (non-hydrogen) atoms. The van der Waals surface area contributed by atoms with E-state index in [1.165, 1.54) is 0 Å². The standard InChI is InChI=1S/C7H10N2O/c8-3-6-1-7(9,2-6)5-10-4-6/h1-2,4-5,9H2. The van der Waals surface area contributed by atoms with E-state index in [-0.39, 0.29) is 11.0 Å². The number of hydrogen-bond acceptors (Lipinski definition) is 3. The van der Waals surface area contributed by atoms with E-state index >= 15 is 0 Å². The summed E-state index contributed by atoms with van der Waals surface area (Å²) in [5, 5.41) is 8.72. The van der Waals surface area contributed by atoms with Gasteiger partial charge in [-0.2, -0.15) is 5.26 Å². The zero-order valence-electron chi connectivity index (χ0n) is 5.76. The van der Waals surface area contributed by atoms with Crippen molar-refractivity contribution >= 4 is 0 Å². The van der Waals surface area contributed by atoms with Gasteiger partial charge in [-0.05, 0) is 12.8 Å². The molecule has 3 aliphatic rings. The fourth-order valence-electron chi connectivity index (χ4n) is 2.06. The SMILES string of the molecule is N#CC12COCC(N)(C1)C2. The van der Waals surface area contributed by atoms with Crippen LogP contribution in [-0.4, -0.2) is 18.8 Å². The summed E-state index contributed by atoms with van der Waals surface area (Å²) in [4.78, 5) is 0. The summed E-state index contributed by atoms with van der Waals surface area (Å²) < 4.78 is 5.18. The van der Waals surface area contributed by atoms with Crippen molar-refractivity contribution in [3.8, 4) is 6.07 Å². The number of fused-ring (bicyclic) bond motifs is 2. The van der Waals surface area contributed by atoms with Crippen LogP contribution in [0.5, 0.6) is 0 Å². The van der Waals surface area contributed by atoms with Crippen LogP contribution >= 0.6 is 0 Å². The second-order valence-corrected chi connectivity index (χ2v) is 3.60. The van der Waals surface area contributed by atoms with Gasteiger partial charge in [-0.3, -0.25) is 0 Å². The Morgan fingerprint density at radius 1 is 1.40 bits per heavy atom. The van der Waals surface area contributed by atoms with Gasteiger partial charge in [-0.15, -0.1) is 0 Å². The molecule has 2 aliphatic heterocycles. The summed E-state index contributed by atoms with van der Waals surface area (Å²) in [6.45, 7) is 1.22. The van der Waals surface area contributed by atoms with Crippen molar-refractivity contribution in [1.29, 1.82) is 5.26 Å². The molecule has 0 amide bonds. The monoisotopic (exact) mass is 138 g/mol. The van der Waals surface area contributed by atoms with E-state index in [1.807, 2.05) is 0 Å². The first-order valence-electron chi connectivity index (χ1n) is 3.46. The van der Waals surface area contributed by atoms with E-state index < -0.39 is 0 Å². The zero-order valence-corrected chi connectivity index (χ0v) is 5.76. The third kappa shape index (κ3) is 0.606. The fourth-order valence-corrected chi connectivity index (χ4v) is 2.06. The summed E-state index contributed by atoms with van der Waals surface area (Å²) in [6, 6.07) is 2.27. The molecule has 54 valence electrons. The molecule has 3 fully saturated rings. The minimum atomic E-state index is -0.215. The van der Waals surface area contributed by atoms with Crippen LogP contribution in [-0.2, 0) is 4.74 Å². The highest BCUT2D eigenvalue weighted by Crippen LogP contribution is 2.50. The van der Waals surface area contributed by atoms with E-state index in [4.69, 9.17) is 15.7 Å². The normalized spacial score (nSPS) is 51.2. The Kier molecular flexibility index (Phi) is 0.936. The van der Waals surface area contributed by atoms with Gasteiger partial charge in [0.25, 0.3) is 0 Å².